The quantitative estimate of drug-likeness (QED) is 0.710. The van der Waals surface area contributed by atoms with Crippen molar-refractivity contribution in [3.05, 3.63) is 54.4 Å². The highest BCUT2D eigenvalue weighted by Crippen LogP contribution is 2.41. The summed E-state index contributed by atoms with van der Waals surface area (Å²) < 4.78 is 33.9. The van der Waals surface area contributed by atoms with E-state index < -0.39 is 15.6 Å². The van der Waals surface area contributed by atoms with E-state index in [2.05, 4.69) is 9.71 Å². The number of rotatable bonds is 4. The predicted molar refractivity (Wildman–Crippen MR) is 127 cm³/mol. The van der Waals surface area contributed by atoms with Crippen molar-refractivity contribution in [2.75, 3.05) is 30.9 Å². The number of anilines is 1. The highest BCUT2D eigenvalue weighted by Gasteiger charge is 2.48. The zero-order valence-corrected chi connectivity index (χ0v) is 20.5. The minimum Gasteiger partial charge on any atom is -0.444 e. The molecular formula is C24H30N4O5S. The predicted octanol–water partition coefficient (Wildman–Crippen LogP) is 3.36. The van der Waals surface area contributed by atoms with Gasteiger partial charge >= 0.3 is 6.09 Å². The first kappa shape index (κ1) is 24.0. The smallest absolute Gasteiger partial charge is 0.410 e. The van der Waals surface area contributed by atoms with E-state index in [0.29, 0.717) is 31.9 Å². The Bertz CT molecular complexity index is 1160. The molecule has 1 aromatic heterocycles. The number of nitrogens with one attached hydrogen (secondary N) is 1. The molecule has 2 aromatic rings. The zero-order valence-electron chi connectivity index (χ0n) is 19.7. The minimum atomic E-state index is -3.97. The van der Waals surface area contributed by atoms with Gasteiger partial charge in [-0.1, -0.05) is 12.1 Å². The maximum atomic E-state index is 13.2. The molecule has 0 radical (unpaired) electrons. The number of nitrogens with zero attached hydrogens (tertiary/aromatic N) is 3. The lowest BCUT2D eigenvalue weighted by molar-refractivity contribution is -0.0395. The van der Waals surface area contributed by atoms with Gasteiger partial charge in [-0.15, -0.1) is 0 Å². The van der Waals surface area contributed by atoms with Gasteiger partial charge in [0.05, 0.1) is 17.4 Å². The summed E-state index contributed by atoms with van der Waals surface area (Å²) >= 11 is 0. The Balaban J connectivity index is 1.40. The number of likely N-dealkylation sites (tertiary alicyclic amines) is 2. The summed E-state index contributed by atoms with van der Waals surface area (Å²) in [6, 6.07) is 9.45. The number of hydrogen-bond acceptors (Lipinski definition) is 6. The number of pyridine rings is 1. The van der Waals surface area contributed by atoms with Gasteiger partial charge in [0.15, 0.2) is 0 Å². The van der Waals surface area contributed by atoms with Crippen LogP contribution in [0.4, 0.5) is 10.5 Å². The molecule has 3 heterocycles. The van der Waals surface area contributed by atoms with Crippen molar-refractivity contribution in [2.45, 2.75) is 44.1 Å². The lowest BCUT2D eigenvalue weighted by atomic mass is 9.72. The van der Waals surface area contributed by atoms with Crippen LogP contribution in [0.2, 0.25) is 0 Å². The van der Waals surface area contributed by atoms with Gasteiger partial charge in [-0.2, -0.15) is 0 Å². The standard InChI is InChI=1S/C24H30N4O5S/c1-23(2,3)33-22(30)27-13-10-24(11-14-27)16-28(17-24)21(29)19-8-4-5-9-20(19)34(31,32)26-18-7-6-12-25-15-18/h4-9,12,15,26H,10-11,13-14,16-17H2,1-3H3. The first-order valence-electron chi connectivity index (χ1n) is 11.3. The Hall–Kier alpha value is -3.14. The van der Waals surface area contributed by atoms with Gasteiger partial charge in [-0.25, -0.2) is 13.2 Å². The van der Waals surface area contributed by atoms with E-state index in [0.717, 1.165) is 12.8 Å². The van der Waals surface area contributed by atoms with Crippen molar-refractivity contribution >= 4 is 27.7 Å². The fraction of sp³-hybridized carbons (Fsp3) is 0.458. The molecule has 0 bridgehead atoms. The molecule has 1 aromatic carbocycles. The zero-order chi connectivity index (χ0) is 24.6. The van der Waals surface area contributed by atoms with Gasteiger partial charge in [0.2, 0.25) is 0 Å². The molecule has 182 valence electrons. The molecule has 0 aliphatic carbocycles. The average Bonchev–Trinajstić information content (AvgIpc) is 2.76. The lowest BCUT2D eigenvalue weighted by Gasteiger charge is -2.53. The van der Waals surface area contributed by atoms with E-state index in [1.54, 1.807) is 40.3 Å². The molecule has 1 N–H and O–H groups in total. The molecule has 0 unspecified atom stereocenters. The maximum absolute atomic E-state index is 13.2. The molecule has 0 atom stereocenters. The molecule has 4 rings (SSSR count). The Morgan fingerprint density at radius 3 is 2.32 bits per heavy atom. The second-order valence-electron chi connectivity index (χ2n) is 9.97. The third-order valence-corrected chi connectivity index (χ3v) is 7.58. The molecule has 2 amide bonds. The lowest BCUT2D eigenvalue weighted by Crippen LogP contribution is -2.62. The highest BCUT2D eigenvalue weighted by molar-refractivity contribution is 7.92. The van der Waals surface area contributed by atoms with E-state index in [9.17, 15) is 18.0 Å². The minimum absolute atomic E-state index is 0.0457. The number of benzene rings is 1. The number of sulfonamides is 1. The second-order valence-corrected chi connectivity index (χ2v) is 11.6. The summed E-state index contributed by atoms with van der Waals surface area (Å²) in [4.78, 5) is 32.8. The van der Waals surface area contributed by atoms with Crippen LogP contribution in [0.5, 0.6) is 0 Å². The maximum Gasteiger partial charge on any atom is 0.410 e. The van der Waals surface area contributed by atoms with E-state index in [4.69, 9.17) is 4.74 Å². The molecule has 2 fully saturated rings. The molecule has 9 nitrogen and oxygen atoms in total. The molecular weight excluding hydrogens is 456 g/mol. The van der Waals surface area contributed by atoms with Crippen LogP contribution in [0.15, 0.2) is 53.7 Å². The monoisotopic (exact) mass is 486 g/mol. The van der Waals surface area contributed by atoms with Gasteiger partial charge < -0.3 is 14.5 Å². The SMILES string of the molecule is CC(C)(C)OC(=O)N1CCC2(CC1)CN(C(=O)c1ccccc1S(=O)(=O)Nc1cccnc1)C2. The van der Waals surface area contributed by atoms with Crippen LogP contribution in [-0.2, 0) is 14.8 Å². The van der Waals surface area contributed by atoms with Gasteiger partial charge in [0, 0.05) is 37.8 Å². The Morgan fingerprint density at radius 2 is 1.71 bits per heavy atom. The van der Waals surface area contributed by atoms with Crippen molar-refractivity contribution in [3.63, 3.8) is 0 Å². The van der Waals surface area contributed by atoms with E-state index in [-0.39, 0.29) is 27.9 Å². The van der Waals surface area contributed by atoms with Crippen molar-refractivity contribution in [3.8, 4) is 0 Å². The Morgan fingerprint density at radius 1 is 1.03 bits per heavy atom. The summed E-state index contributed by atoms with van der Waals surface area (Å²) in [5.41, 5.74) is -0.120. The van der Waals surface area contributed by atoms with Crippen molar-refractivity contribution in [2.24, 2.45) is 5.41 Å². The average molecular weight is 487 g/mol. The molecule has 10 heteroatoms. The van der Waals surface area contributed by atoms with Crippen LogP contribution in [0, 0.1) is 5.41 Å². The number of aromatic nitrogens is 1. The van der Waals surface area contributed by atoms with E-state index in [1.165, 1.54) is 18.3 Å². The molecule has 2 aliphatic rings. The first-order valence-corrected chi connectivity index (χ1v) is 12.8. The molecule has 2 aliphatic heterocycles. The molecule has 2 saturated heterocycles. The third-order valence-electron chi connectivity index (χ3n) is 6.14. The number of carbonyl (C=O) groups is 2. The van der Waals surface area contributed by atoms with Gasteiger partial charge in [0.1, 0.15) is 10.5 Å². The number of carbonyl (C=O) groups excluding carboxylic acids is 2. The summed E-state index contributed by atoms with van der Waals surface area (Å²) in [5.74, 6) is -0.313. The van der Waals surface area contributed by atoms with Gasteiger partial charge in [-0.3, -0.25) is 14.5 Å². The number of amides is 2. The Kier molecular flexibility index (Phi) is 6.28. The van der Waals surface area contributed by atoms with Crippen LogP contribution in [-0.4, -0.2) is 67.0 Å². The number of hydrogen-bond donors (Lipinski definition) is 1. The van der Waals surface area contributed by atoms with E-state index in [1.807, 2.05) is 20.8 Å². The molecule has 1 spiro atoms. The fourth-order valence-electron chi connectivity index (χ4n) is 4.39. The largest absolute Gasteiger partial charge is 0.444 e. The summed E-state index contributed by atoms with van der Waals surface area (Å²) in [5, 5.41) is 0. The topological polar surface area (TPSA) is 109 Å². The van der Waals surface area contributed by atoms with Gasteiger partial charge in [-0.05, 0) is 57.9 Å². The Labute approximate surface area is 200 Å². The number of ether oxygens (including phenoxy) is 1. The molecule has 0 saturated carbocycles. The van der Waals surface area contributed by atoms with Crippen LogP contribution in [0.25, 0.3) is 0 Å². The van der Waals surface area contributed by atoms with Crippen molar-refractivity contribution in [1.82, 2.24) is 14.8 Å². The van der Waals surface area contributed by atoms with Crippen molar-refractivity contribution in [1.29, 1.82) is 0 Å². The van der Waals surface area contributed by atoms with Crippen LogP contribution in [0.1, 0.15) is 44.0 Å². The molecule has 34 heavy (non-hydrogen) atoms. The van der Waals surface area contributed by atoms with Crippen LogP contribution >= 0.6 is 0 Å². The van der Waals surface area contributed by atoms with Crippen molar-refractivity contribution < 1.29 is 22.7 Å². The highest BCUT2D eigenvalue weighted by atomic mass is 32.2. The summed E-state index contributed by atoms with van der Waals surface area (Å²) in [6.07, 6.45) is 4.20. The van der Waals surface area contributed by atoms with Crippen LogP contribution in [0.3, 0.4) is 0 Å². The third kappa shape index (κ3) is 5.16. The van der Waals surface area contributed by atoms with Gasteiger partial charge in [0.25, 0.3) is 15.9 Å². The summed E-state index contributed by atoms with van der Waals surface area (Å²) in [6.45, 7) is 7.77. The summed E-state index contributed by atoms with van der Waals surface area (Å²) in [7, 11) is -3.97. The normalized spacial score (nSPS) is 17.7. The first-order chi connectivity index (χ1) is 16.0. The second kappa shape index (κ2) is 8.90. The fourth-order valence-corrected chi connectivity index (χ4v) is 5.64. The number of piperidine rings is 1. The van der Waals surface area contributed by atoms with Crippen LogP contribution < -0.4 is 4.72 Å². The van der Waals surface area contributed by atoms with E-state index >= 15 is 0 Å².